The van der Waals surface area contributed by atoms with Crippen LogP contribution >= 0.6 is 0 Å². The van der Waals surface area contributed by atoms with Gasteiger partial charge in [0.1, 0.15) is 74.3 Å². The van der Waals surface area contributed by atoms with Gasteiger partial charge in [-0.25, -0.2) is 9.59 Å². The lowest BCUT2D eigenvalue weighted by Crippen LogP contribution is -2.69. The van der Waals surface area contributed by atoms with Crippen LogP contribution in [0.2, 0.25) is 0 Å². The van der Waals surface area contributed by atoms with Gasteiger partial charge in [0.15, 0.2) is 61.8 Å². The molecular weight excluding hydrogens is 980 g/mol. The van der Waals surface area contributed by atoms with Crippen molar-refractivity contribution in [3.05, 3.63) is 0 Å². The smallest absolute Gasteiger partial charge is 0.337 e. The first-order valence-electron chi connectivity index (χ1n) is 22.1. The molecule has 0 aliphatic carbocycles. The van der Waals surface area contributed by atoms with Crippen molar-refractivity contribution in [1.82, 2.24) is 0 Å². The molecule has 410 valence electrons. The van der Waals surface area contributed by atoms with E-state index in [4.69, 9.17) is 94.7 Å². The average Bonchev–Trinajstić information content (AvgIpc) is 3.32. The normalized spacial score (nSPS) is 36.7. The maximum Gasteiger partial charge on any atom is 0.337 e. The largest absolute Gasteiger partial charge is 0.467 e. The SMILES string of the molecule is COC(=O)C1O[C@@H](O[C@H]2C(OC(C)=O)C(OC(C)=O)[C@@H](O[C@H]3C(OC)C(OC)[C@@H](O[C@@H]4C(COC(C)=O)O[C@@H](OC)C(OC(C)=O)[C@@H]4OC(C)=O)O[C@@H]3C(=O)OC)O[C@H]2COC(C)=O)C(OC)[C@H](OC)[C@@H]1O. The lowest BCUT2D eigenvalue weighted by molar-refractivity contribution is -0.386. The number of hydrogen-bond donors (Lipinski definition) is 1. The molecule has 4 rings (SSSR count). The summed E-state index contributed by atoms with van der Waals surface area (Å²) >= 11 is 0. The van der Waals surface area contributed by atoms with Crippen molar-refractivity contribution in [2.75, 3.05) is 63.0 Å². The molecule has 4 fully saturated rings. The summed E-state index contributed by atoms with van der Waals surface area (Å²) in [6.45, 7) is 5.07. The van der Waals surface area contributed by atoms with Gasteiger partial charge < -0.3 is 99.8 Å². The lowest BCUT2D eigenvalue weighted by Gasteiger charge is -2.51. The molecule has 72 heavy (non-hydrogen) atoms. The van der Waals surface area contributed by atoms with E-state index in [1.165, 1.54) is 35.5 Å². The molecule has 4 heterocycles. The molecule has 0 aromatic carbocycles. The van der Waals surface area contributed by atoms with Crippen LogP contribution in [-0.2, 0) is 133 Å². The molecule has 29 nitrogen and oxygen atoms in total. The Kier molecular flexibility index (Phi) is 22.8. The molecule has 0 amide bonds. The third-order valence-corrected chi connectivity index (χ3v) is 11.4. The summed E-state index contributed by atoms with van der Waals surface area (Å²) in [6, 6.07) is 0. The molecule has 0 spiro atoms. The molecule has 8 unspecified atom stereocenters. The van der Waals surface area contributed by atoms with E-state index in [1.807, 2.05) is 0 Å². The molecule has 29 heteroatoms. The minimum absolute atomic E-state index is 0.548. The molecule has 4 saturated heterocycles. The molecular formula is C43H64O29. The second kappa shape index (κ2) is 27.5. The molecule has 0 radical (unpaired) electrons. The van der Waals surface area contributed by atoms with E-state index in [2.05, 4.69) is 0 Å². The lowest BCUT2D eigenvalue weighted by atomic mass is 9.94. The van der Waals surface area contributed by atoms with Gasteiger partial charge in [0.2, 0.25) is 0 Å². The minimum Gasteiger partial charge on any atom is -0.467 e. The Balaban J connectivity index is 1.83. The van der Waals surface area contributed by atoms with Crippen LogP contribution in [0.5, 0.6) is 0 Å². The minimum atomic E-state index is -1.95. The number of carbonyl (C=O) groups is 8. The number of ether oxygens (including phenoxy) is 20. The van der Waals surface area contributed by atoms with Crippen LogP contribution in [0.1, 0.15) is 41.5 Å². The Morgan fingerprint density at radius 2 is 0.708 bits per heavy atom. The van der Waals surface area contributed by atoms with Gasteiger partial charge in [-0.05, 0) is 0 Å². The van der Waals surface area contributed by atoms with E-state index in [1.54, 1.807) is 0 Å². The van der Waals surface area contributed by atoms with Crippen molar-refractivity contribution in [3.63, 3.8) is 0 Å². The van der Waals surface area contributed by atoms with Gasteiger partial charge in [0.05, 0.1) is 14.2 Å². The molecule has 0 aromatic rings. The van der Waals surface area contributed by atoms with Crippen molar-refractivity contribution in [3.8, 4) is 0 Å². The predicted octanol–water partition coefficient (Wildman–Crippen LogP) is -2.69. The first-order valence-corrected chi connectivity index (χ1v) is 22.1. The summed E-state index contributed by atoms with van der Waals surface area (Å²) in [5, 5.41) is 11.0. The van der Waals surface area contributed by atoms with E-state index in [0.29, 0.717) is 0 Å². The highest BCUT2D eigenvalue weighted by molar-refractivity contribution is 5.76. The Labute approximate surface area is 412 Å². The monoisotopic (exact) mass is 1040 g/mol. The zero-order valence-corrected chi connectivity index (χ0v) is 41.8. The molecule has 0 saturated carbocycles. The highest BCUT2D eigenvalue weighted by Gasteiger charge is 2.61. The van der Waals surface area contributed by atoms with Gasteiger partial charge in [0, 0.05) is 77.1 Å². The Bertz CT molecular complexity index is 1860. The van der Waals surface area contributed by atoms with Crippen molar-refractivity contribution < 1.29 is 138 Å². The Hall–Kier alpha value is -4.76. The van der Waals surface area contributed by atoms with Crippen molar-refractivity contribution in [2.24, 2.45) is 0 Å². The zero-order valence-electron chi connectivity index (χ0n) is 41.8. The summed E-state index contributed by atoms with van der Waals surface area (Å²) in [7, 11) is 8.04. The third kappa shape index (κ3) is 14.7. The fourth-order valence-corrected chi connectivity index (χ4v) is 8.46. The van der Waals surface area contributed by atoms with Crippen molar-refractivity contribution in [1.29, 1.82) is 0 Å². The maximum atomic E-state index is 13.9. The fraction of sp³-hybridized carbons (Fsp3) is 0.814. The zero-order chi connectivity index (χ0) is 53.7. The summed E-state index contributed by atoms with van der Waals surface area (Å²) in [5.41, 5.74) is 0. The third-order valence-electron chi connectivity index (χ3n) is 11.4. The van der Waals surface area contributed by atoms with Crippen LogP contribution in [0.4, 0.5) is 0 Å². The second-order valence-corrected chi connectivity index (χ2v) is 16.2. The fourth-order valence-electron chi connectivity index (χ4n) is 8.46. The summed E-state index contributed by atoms with van der Waals surface area (Å²) in [6.07, 6.45) is -32.4. The average molecular weight is 1040 g/mol. The summed E-state index contributed by atoms with van der Waals surface area (Å²) in [5.74, 6) is -7.47. The Morgan fingerprint density at radius 1 is 0.361 bits per heavy atom. The number of rotatable bonds is 21. The summed E-state index contributed by atoms with van der Waals surface area (Å²) in [4.78, 5) is 102. The number of esters is 8. The number of hydrogen-bond acceptors (Lipinski definition) is 29. The van der Waals surface area contributed by atoms with Crippen molar-refractivity contribution >= 4 is 47.8 Å². The molecule has 4 aliphatic heterocycles. The van der Waals surface area contributed by atoms with Crippen LogP contribution in [0.3, 0.4) is 0 Å². The van der Waals surface area contributed by atoms with E-state index in [9.17, 15) is 43.5 Å². The number of aliphatic hydroxyl groups is 1. The van der Waals surface area contributed by atoms with Gasteiger partial charge in [-0.15, -0.1) is 0 Å². The first kappa shape index (κ1) is 59.8. The van der Waals surface area contributed by atoms with E-state index < -0.39 is 184 Å². The maximum absolute atomic E-state index is 13.9. The predicted molar refractivity (Wildman–Crippen MR) is 225 cm³/mol. The van der Waals surface area contributed by atoms with E-state index in [-0.39, 0.29) is 0 Å². The van der Waals surface area contributed by atoms with Crippen LogP contribution in [0.25, 0.3) is 0 Å². The van der Waals surface area contributed by atoms with E-state index in [0.717, 1.165) is 55.8 Å². The standard InChI is InChI=1S/C43H64O29/c1-16(44)60-14-22-25(30(62-18(3)46)36(64-20(5)48)40(59-13)66-22)69-42-35(56-10)29(54-8)32(33(72-42)39(52)58-12)71-43-37(65-21(6)49)31(63-19(4)47)26(23(67-43)15-61-17(2)45)68-41-34(55-9)27(53-7)24(50)28(70-41)38(51)57-11/h22-37,40-43,50H,14-15H2,1-13H3/t22?,23-,24-,25+,26+,27+,28?,29?,30+,31?,32-,33-,34?,35?,36?,37?,40+,41+,42-,43+/m0/s1. The quantitative estimate of drug-likeness (QED) is 0.0903. The topological polar surface area (TPSA) is 341 Å². The molecule has 0 aromatic heterocycles. The van der Waals surface area contributed by atoms with Gasteiger partial charge in [-0.2, -0.15) is 0 Å². The van der Waals surface area contributed by atoms with E-state index >= 15 is 0 Å². The van der Waals surface area contributed by atoms with Crippen LogP contribution < -0.4 is 0 Å². The van der Waals surface area contributed by atoms with Crippen LogP contribution in [-0.4, -0.2) is 239 Å². The Morgan fingerprint density at radius 3 is 1.10 bits per heavy atom. The summed E-state index contributed by atoms with van der Waals surface area (Å²) < 4.78 is 115. The second-order valence-electron chi connectivity index (χ2n) is 16.2. The highest BCUT2D eigenvalue weighted by atomic mass is 16.8. The molecule has 0 bridgehead atoms. The van der Waals surface area contributed by atoms with Crippen LogP contribution in [0.15, 0.2) is 0 Å². The number of carbonyl (C=O) groups excluding carboxylic acids is 8. The number of aliphatic hydroxyl groups excluding tert-OH is 1. The molecule has 4 aliphatic rings. The van der Waals surface area contributed by atoms with Crippen molar-refractivity contribution in [2.45, 2.75) is 164 Å². The molecule has 1 N–H and O–H groups in total. The number of methoxy groups -OCH3 is 7. The van der Waals surface area contributed by atoms with Gasteiger partial charge in [-0.3, -0.25) is 28.8 Å². The van der Waals surface area contributed by atoms with Gasteiger partial charge in [0.25, 0.3) is 0 Å². The first-order chi connectivity index (χ1) is 34.1. The van der Waals surface area contributed by atoms with Crippen LogP contribution in [0, 0.1) is 0 Å². The highest BCUT2D eigenvalue weighted by Crippen LogP contribution is 2.39. The van der Waals surface area contributed by atoms with Gasteiger partial charge >= 0.3 is 47.8 Å². The molecule has 20 atom stereocenters. The van der Waals surface area contributed by atoms with Gasteiger partial charge in [-0.1, -0.05) is 0 Å².